The van der Waals surface area contributed by atoms with E-state index in [1.54, 1.807) is 0 Å². The standard InChI is InChI=1S/C41H52N10O2.CH2O2/c1-41(2,3)36-25-38(51(46-36)29-11-8-10-28(24-29)26-49-22-20-47(4)21-23-49)43-40(52)42-33-16-17-35(32-13-7-6-12-31(32)33)53-30-15-18-37-44-45-39(50(37)27-30)34-14-9-19-48(34)5;2-1-3/h6-8,10-13,15,18,24-25,27,33-35H,9,14,16-17,19-23,26H2,1-5H3,(H2,42,43,52);1H,(H,2,3)/t33-,34?,35+;/m0./s1. The molecule has 14 nitrogen and oxygen atoms in total. The number of likely N-dealkylation sites (N-methyl/N-ethyl adjacent to an activating group) is 1. The summed E-state index contributed by atoms with van der Waals surface area (Å²) in [5.74, 6) is 2.37. The molecule has 3 N–H and O–H groups in total. The number of carbonyl (C=O) groups excluding carboxylic acids is 1. The number of ether oxygens (including phenoxy) is 1. The molecule has 5 heterocycles. The first-order valence-corrected chi connectivity index (χ1v) is 19.6. The molecule has 0 spiro atoms. The van der Waals surface area contributed by atoms with Gasteiger partial charge in [0.15, 0.2) is 11.5 Å². The Morgan fingerprint density at radius 1 is 0.929 bits per heavy atom. The Balaban J connectivity index is 0.00000155. The number of amides is 2. The number of carboxylic acid groups (broad SMARTS) is 1. The van der Waals surface area contributed by atoms with Crippen LogP contribution in [-0.4, -0.2) is 104 Å². The Hall–Kier alpha value is -5.31. The van der Waals surface area contributed by atoms with E-state index < -0.39 is 0 Å². The summed E-state index contributed by atoms with van der Waals surface area (Å²) in [6.07, 6.45) is 5.60. The molecule has 0 bridgehead atoms. The zero-order valence-corrected chi connectivity index (χ0v) is 33.1. The second-order valence-corrected chi connectivity index (χ2v) is 16.2. The molecule has 8 rings (SSSR count). The van der Waals surface area contributed by atoms with Crippen LogP contribution in [0.4, 0.5) is 10.6 Å². The minimum atomic E-state index is -0.262. The van der Waals surface area contributed by atoms with Crippen LogP contribution in [0.25, 0.3) is 11.3 Å². The van der Waals surface area contributed by atoms with Gasteiger partial charge in [-0.05, 0) is 87.3 Å². The predicted molar refractivity (Wildman–Crippen MR) is 215 cm³/mol. The van der Waals surface area contributed by atoms with Crippen molar-refractivity contribution in [1.82, 2.24) is 44.4 Å². The lowest BCUT2D eigenvalue weighted by atomic mass is 9.85. The second kappa shape index (κ2) is 16.8. The van der Waals surface area contributed by atoms with Crippen LogP contribution < -0.4 is 15.4 Å². The average molecular weight is 763 g/mol. The summed E-state index contributed by atoms with van der Waals surface area (Å²) in [7, 11) is 4.33. The summed E-state index contributed by atoms with van der Waals surface area (Å²) >= 11 is 0. The molecule has 56 heavy (non-hydrogen) atoms. The highest BCUT2D eigenvalue weighted by Crippen LogP contribution is 2.39. The van der Waals surface area contributed by atoms with E-state index in [-0.39, 0.29) is 36.1 Å². The van der Waals surface area contributed by atoms with Gasteiger partial charge in [-0.2, -0.15) is 5.10 Å². The van der Waals surface area contributed by atoms with Crippen LogP contribution in [0.5, 0.6) is 5.75 Å². The van der Waals surface area contributed by atoms with Gasteiger partial charge in [0.05, 0.1) is 29.7 Å². The van der Waals surface area contributed by atoms with Gasteiger partial charge < -0.3 is 20.1 Å². The van der Waals surface area contributed by atoms with Gasteiger partial charge in [0, 0.05) is 44.2 Å². The van der Waals surface area contributed by atoms with E-state index in [0.29, 0.717) is 5.82 Å². The topological polar surface area (TPSA) is 145 Å². The van der Waals surface area contributed by atoms with Crippen molar-refractivity contribution in [3.8, 4) is 11.4 Å². The van der Waals surface area contributed by atoms with Gasteiger partial charge in [-0.3, -0.25) is 24.3 Å². The van der Waals surface area contributed by atoms with E-state index in [9.17, 15) is 4.79 Å². The highest BCUT2D eigenvalue weighted by molar-refractivity contribution is 5.89. The lowest BCUT2D eigenvalue weighted by Crippen LogP contribution is -2.43. The van der Waals surface area contributed by atoms with Crippen molar-refractivity contribution in [2.75, 3.05) is 52.1 Å². The lowest BCUT2D eigenvalue weighted by molar-refractivity contribution is -0.122. The number of rotatable bonds is 8. The molecule has 0 saturated carbocycles. The minimum absolute atomic E-state index is 0.146. The summed E-state index contributed by atoms with van der Waals surface area (Å²) in [5, 5.41) is 27.3. The van der Waals surface area contributed by atoms with Gasteiger partial charge in [-0.1, -0.05) is 57.2 Å². The van der Waals surface area contributed by atoms with E-state index in [1.807, 2.05) is 41.2 Å². The molecule has 3 aromatic heterocycles. The molecule has 2 aliphatic heterocycles. The third kappa shape index (κ3) is 8.72. The van der Waals surface area contributed by atoms with Crippen molar-refractivity contribution in [3.05, 3.63) is 101 Å². The van der Waals surface area contributed by atoms with Crippen LogP contribution >= 0.6 is 0 Å². The summed E-state index contributed by atoms with van der Waals surface area (Å²) < 4.78 is 10.6. The van der Waals surface area contributed by atoms with E-state index in [2.05, 4.69) is 111 Å². The van der Waals surface area contributed by atoms with Gasteiger partial charge in [0.2, 0.25) is 0 Å². The molecule has 0 radical (unpaired) electrons. The van der Waals surface area contributed by atoms with E-state index in [4.69, 9.17) is 19.7 Å². The van der Waals surface area contributed by atoms with Crippen molar-refractivity contribution in [3.63, 3.8) is 0 Å². The van der Waals surface area contributed by atoms with Crippen LogP contribution in [0.15, 0.2) is 72.9 Å². The number of urea groups is 1. The van der Waals surface area contributed by atoms with Crippen molar-refractivity contribution in [2.45, 2.75) is 76.6 Å². The lowest BCUT2D eigenvalue weighted by Gasteiger charge is -2.32. The molecule has 3 aliphatic rings. The van der Waals surface area contributed by atoms with E-state index >= 15 is 0 Å². The highest BCUT2D eigenvalue weighted by Gasteiger charge is 2.31. The maximum atomic E-state index is 13.8. The van der Waals surface area contributed by atoms with E-state index in [1.165, 1.54) is 5.56 Å². The SMILES string of the molecule is CN1CCN(Cc2cccc(-n3nc(C(C)(C)C)cc3NC(=O)N[C@H]3CC[C@@H](Oc4ccc5nnc(C6CCCN6C)n5c4)c4ccccc43)c2)CC1.O=CO. The molecular formula is C42H54N10O4. The number of hydrogen-bond acceptors (Lipinski definition) is 9. The van der Waals surface area contributed by atoms with Crippen LogP contribution in [0, 0.1) is 0 Å². The van der Waals surface area contributed by atoms with Crippen LogP contribution in [0.1, 0.15) is 92.9 Å². The normalized spacial score (nSPS) is 20.6. The number of hydrogen-bond donors (Lipinski definition) is 3. The average Bonchev–Trinajstić information content (AvgIpc) is 3.92. The van der Waals surface area contributed by atoms with Crippen molar-refractivity contribution in [1.29, 1.82) is 0 Å². The largest absolute Gasteiger partial charge is 0.484 e. The summed E-state index contributed by atoms with van der Waals surface area (Å²) in [5.41, 5.74) is 5.85. The van der Waals surface area contributed by atoms with Gasteiger partial charge in [-0.25, -0.2) is 9.48 Å². The molecule has 1 unspecified atom stereocenters. The number of carbonyl (C=O) groups is 2. The minimum Gasteiger partial charge on any atom is -0.484 e. The molecule has 2 amide bonds. The maximum Gasteiger partial charge on any atom is 0.320 e. The number of fused-ring (bicyclic) bond motifs is 2. The molecule has 2 fully saturated rings. The number of anilines is 1. The van der Waals surface area contributed by atoms with Gasteiger partial charge in [0.1, 0.15) is 17.7 Å². The molecular weight excluding hydrogens is 709 g/mol. The van der Waals surface area contributed by atoms with Gasteiger partial charge >= 0.3 is 6.03 Å². The fraction of sp³-hybridized carbons (Fsp3) is 0.452. The summed E-state index contributed by atoms with van der Waals surface area (Å²) in [6.45, 7) is 12.4. The zero-order valence-electron chi connectivity index (χ0n) is 33.1. The Kier molecular flexibility index (Phi) is 11.7. The number of pyridine rings is 1. The molecule has 14 heteroatoms. The number of likely N-dealkylation sites (tertiary alicyclic amines) is 1. The second-order valence-electron chi connectivity index (χ2n) is 16.2. The maximum absolute atomic E-state index is 13.8. The molecule has 2 saturated heterocycles. The summed E-state index contributed by atoms with van der Waals surface area (Å²) in [4.78, 5) is 29.4. The highest BCUT2D eigenvalue weighted by atomic mass is 16.5. The van der Waals surface area contributed by atoms with Crippen LogP contribution in [-0.2, 0) is 16.8 Å². The number of nitrogens with one attached hydrogen (secondary N) is 2. The molecule has 5 aromatic rings. The molecule has 3 atom stereocenters. The smallest absolute Gasteiger partial charge is 0.320 e. The number of aromatic nitrogens is 5. The van der Waals surface area contributed by atoms with Crippen molar-refractivity contribution < 1.29 is 19.4 Å². The number of piperazine rings is 1. The van der Waals surface area contributed by atoms with Crippen LogP contribution in [0.2, 0.25) is 0 Å². The quantitative estimate of drug-likeness (QED) is 0.156. The Morgan fingerprint density at radius 2 is 1.70 bits per heavy atom. The Bertz CT molecular complexity index is 2130. The molecule has 2 aromatic carbocycles. The third-order valence-electron chi connectivity index (χ3n) is 11.1. The molecule has 1 aliphatic carbocycles. The van der Waals surface area contributed by atoms with Crippen molar-refractivity contribution in [2.24, 2.45) is 0 Å². The van der Waals surface area contributed by atoms with Crippen molar-refractivity contribution >= 4 is 24.0 Å². The Morgan fingerprint density at radius 3 is 2.43 bits per heavy atom. The summed E-state index contributed by atoms with van der Waals surface area (Å²) in [6, 6.07) is 22.6. The first-order valence-electron chi connectivity index (χ1n) is 19.6. The third-order valence-corrected chi connectivity index (χ3v) is 11.1. The monoisotopic (exact) mass is 762 g/mol. The zero-order chi connectivity index (χ0) is 39.4. The Labute approximate surface area is 328 Å². The van der Waals surface area contributed by atoms with Crippen LogP contribution in [0.3, 0.4) is 0 Å². The molecule has 296 valence electrons. The van der Waals surface area contributed by atoms with Gasteiger partial charge in [-0.15, -0.1) is 10.2 Å². The van der Waals surface area contributed by atoms with E-state index in [0.717, 1.165) is 105 Å². The fourth-order valence-corrected chi connectivity index (χ4v) is 8.00. The predicted octanol–water partition coefficient (Wildman–Crippen LogP) is 6.20. The van der Waals surface area contributed by atoms with Gasteiger partial charge in [0.25, 0.3) is 6.47 Å². The number of nitrogens with zero attached hydrogens (tertiary/aromatic N) is 8. The first-order chi connectivity index (χ1) is 27.0. The first kappa shape index (κ1) is 38.9. The number of benzene rings is 2. The fourth-order valence-electron chi connectivity index (χ4n) is 8.00.